The summed E-state index contributed by atoms with van der Waals surface area (Å²) in [5.41, 5.74) is 0.645. The number of ether oxygens (including phenoxy) is 4. The van der Waals surface area contributed by atoms with Crippen molar-refractivity contribution in [2.75, 3.05) is 27.4 Å². The van der Waals surface area contributed by atoms with Crippen molar-refractivity contribution in [3.8, 4) is 5.75 Å². The van der Waals surface area contributed by atoms with E-state index in [-0.39, 0.29) is 35.9 Å². The molecule has 0 saturated carbocycles. The largest absolute Gasteiger partial charge is 0.497 e. The van der Waals surface area contributed by atoms with Crippen LogP contribution >= 0.6 is 0 Å². The minimum Gasteiger partial charge on any atom is -0.497 e. The van der Waals surface area contributed by atoms with Crippen LogP contribution in [0.3, 0.4) is 0 Å². The van der Waals surface area contributed by atoms with E-state index in [1.165, 1.54) is 13.3 Å². The van der Waals surface area contributed by atoms with E-state index in [1.807, 2.05) is 0 Å². The molecule has 4 rings (SSSR count). The van der Waals surface area contributed by atoms with E-state index in [0.29, 0.717) is 24.5 Å². The number of esters is 1. The molecule has 28 heavy (non-hydrogen) atoms. The van der Waals surface area contributed by atoms with Gasteiger partial charge in [0.2, 0.25) is 0 Å². The van der Waals surface area contributed by atoms with E-state index in [9.17, 15) is 9.59 Å². The maximum atomic E-state index is 12.5. The van der Waals surface area contributed by atoms with Crippen molar-refractivity contribution >= 4 is 11.9 Å². The van der Waals surface area contributed by atoms with E-state index in [0.717, 1.165) is 0 Å². The van der Waals surface area contributed by atoms with Gasteiger partial charge in [-0.05, 0) is 24.3 Å². The number of carbonyl (C=O) groups excluding carboxylic acids is 2. The topological polar surface area (TPSA) is 114 Å². The number of fused-ring (bicyclic) bond motifs is 1. The summed E-state index contributed by atoms with van der Waals surface area (Å²) in [7, 11) is 2.86. The van der Waals surface area contributed by atoms with Gasteiger partial charge in [0.1, 0.15) is 24.0 Å². The molecule has 2 saturated heterocycles. The number of rotatable bonds is 5. The number of carbonyl (C=O) groups is 2. The molecule has 0 radical (unpaired) electrons. The Hall–Kier alpha value is -2.98. The number of hydrogen-bond acceptors (Lipinski definition) is 8. The minimum atomic E-state index is -0.557. The SMILES string of the molecule is COC(=O)c1cn([C@H]2CO[C@H]3[C@@H]2OC[C@@H]3NC(=O)c2ccc(OC)cc2)nn1. The molecule has 1 amide bonds. The molecule has 2 aromatic rings. The van der Waals surface area contributed by atoms with E-state index in [1.54, 1.807) is 36.1 Å². The van der Waals surface area contributed by atoms with Gasteiger partial charge in [-0.25, -0.2) is 9.48 Å². The Morgan fingerprint density at radius 3 is 2.61 bits per heavy atom. The lowest BCUT2D eigenvalue weighted by molar-refractivity contribution is 0.0591. The van der Waals surface area contributed by atoms with Crippen molar-refractivity contribution in [1.29, 1.82) is 0 Å². The average molecular weight is 388 g/mol. The van der Waals surface area contributed by atoms with Crippen molar-refractivity contribution in [3.63, 3.8) is 0 Å². The number of nitrogens with zero attached hydrogens (tertiary/aromatic N) is 3. The van der Waals surface area contributed by atoms with E-state index in [2.05, 4.69) is 20.4 Å². The zero-order valence-electron chi connectivity index (χ0n) is 15.4. The van der Waals surface area contributed by atoms with Gasteiger partial charge in [0.05, 0.1) is 39.7 Å². The Bertz CT molecular complexity index is 867. The third-order valence-corrected chi connectivity index (χ3v) is 4.94. The smallest absolute Gasteiger partial charge is 0.360 e. The predicted molar refractivity (Wildman–Crippen MR) is 94.1 cm³/mol. The molecule has 0 spiro atoms. The van der Waals surface area contributed by atoms with Crippen LogP contribution in [0.2, 0.25) is 0 Å². The molecule has 2 aliphatic heterocycles. The third kappa shape index (κ3) is 3.32. The van der Waals surface area contributed by atoms with Gasteiger partial charge in [-0.15, -0.1) is 5.10 Å². The van der Waals surface area contributed by atoms with Crippen LogP contribution in [0.1, 0.15) is 26.9 Å². The number of aromatic nitrogens is 3. The zero-order valence-corrected chi connectivity index (χ0v) is 15.4. The molecule has 10 heteroatoms. The van der Waals surface area contributed by atoms with Crippen LogP contribution in [0.25, 0.3) is 0 Å². The lowest BCUT2D eigenvalue weighted by atomic mass is 10.1. The Morgan fingerprint density at radius 1 is 1.14 bits per heavy atom. The second-order valence-electron chi connectivity index (χ2n) is 6.55. The molecule has 0 aliphatic carbocycles. The maximum Gasteiger partial charge on any atom is 0.360 e. The highest BCUT2D eigenvalue weighted by atomic mass is 16.6. The zero-order chi connectivity index (χ0) is 19.7. The molecular formula is C18H20N4O6. The van der Waals surface area contributed by atoms with Crippen molar-refractivity contribution < 1.29 is 28.5 Å². The quantitative estimate of drug-likeness (QED) is 0.723. The van der Waals surface area contributed by atoms with Gasteiger partial charge in [0.15, 0.2) is 5.69 Å². The van der Waals surface area contributed by atoms with E-state index >= 15 is 0 Å². The molecule has 1 aromatic heterocycles. The molecule has 1 N–H and O–H groups in total. The fraction of sp³-hybridized carbons (Fsp3) is 0.444. The first-order valence-corrected chi connectivity index (χ1v) is 8.79. The first-order valence-electron chi connectivity index (χ1n) is 8.79. The molecule has 3 heterocycles. The summed E-state index contributed by atoms with van der Waals surface area (Å²) in [6.45, 7) is 0.667. The maximum absolute atomic E-state index is 12.5. The Balaban J connectivity index is 1.41. The highest BCUT2D eigenvalue weighted by Crippen LogP contribution is 2.34. The second-order valence-corrected chi connectivity index (χ2v) is 6.55. The third-order valence-electron chi connectivity index (χ3n) is 4.94. The van der Waals surface area contributed by atoms with Gasteiger partial charge < -0.3 is 24.3 Å². The summed E-state index contributed by atoms with van der Waals surface area (Å²) in [4.78, 5) is 24.1. The van der Waals surface area contributed by atoms with Crippen molar-refractivity contribution in [1.82, 2.24) is 20.3 Å². The Morgan fingerprint density at radius 2 is 1.89 bits per heavy atom. The number of methoxy groups -OCH3 is 2. The van der Waals surface area contributed by atoms with Gasteiger partial charge in [-0.3, -0.25) is 4.79 Å². The van der Waals surface area contributed by atoms with Crippen LogP contribution in [-0.2, 0) is 14.2 Å². The molecule has 1 aromatic carbocycles. The molecule has 10 nitrogen and oxygen atoms in total. The highest BCUT2D eigenvalue weighted by molar-refractivity contribution is 5.94. The van der Waals surface area contributed by atoms with Crippen molar-refractivity contribution in [2.24, 2.45) is 0 Å². The molecule has 148 valence electrons. The molecule has 2 fully saturated rings. The lowest BCUT2D eigenvalue weighted by Crippen LogP contribution is -2.44. The van der Waals surface area contributed by atoms with Crippen molar-refractivity contribution in [2.45, 2.75) is 24.3 Å². The second kappa shape index (κ2) is 7.56. The molecule has 0 bridgehead atoms. The summed E-state index contributed by atoms with van der Waals surface area (Å²) < 4.78 is 23.0. The molecular weight excluding hydrogens is 368 g/mol. The number of nitrogens with one attached hydrogen (secondary N) is 1. The monoisotopic (exact) mass is 388 g/mol. The number of amides is 1. The van der Waals surface area contributed by atoms with Crippen LogP contribution < -0.4 is 10.1 Å². The van der Waals surface area contributed by atoms with Crippen LogP contribution in [0.4, 0.5) is 0 Å². The highest BCUT2D eigenvalue weighted by Gasteiger charge is 2.49. The fourth-order valence-electron chi connectivity index (χ4n) is 3.46. The summed E-state index contributed by atoms with van der Waals surface area (Å²) in [5, 5.41) is 10.8. The normalized spacial score (nSPS) is 25.9. The fourth-order valence-corrected chi connectivity index (χ4v) is 3.46. The average Bonchev–Trinajstić information content (AvgIpc) is 3.44. The minimum absolute atomic E-state index is 0.119. The Labute approximate surface area is 160 Å². The van der Waals surface area contributed by atoms with E-state index < -0.39 is 5.97 Å². The molecule has 4 atom stereocenters. The van der Waals surface area contributed by atoms with Crippen LogP contribution in [-0.4, -0.2) is 72.6 Å². The molecule has 0 unspecified atom stereocenters. The summed E-state index contributed by atoms with van der Waals surface area (Å²) >= 11 is 0. The van der Waals surface area contributed by atoms with Gasteiger partial charge >= 0.3 is 5.97 Å². The lowest BCUT2D eigenvalue weighted by Gasteiger charge is -2.18. The first-order chi connectivity index (χ1) is 13.6. The van der Waals surface area contributed by atoms with Gasteiger partial charge in [0, 0.05) is 5.56 Å². The first kappa shape index (κ1) is 18.4. The van der Waals surface area contributed by atoms with Crippen LogP contribution in [0, 0.1) is 0 Å². The number of hydrogen-bond donors (Lipinski definition) is 1. The Kier molecular flexibility index (Phi) is 4.97. The van der Waals surface area contributed by atoms with Crippen LogP contribution in [0.15, 0.2) is 30.5 Å². The number of benzene rings is 1. The van der Waals surface area contributed by atoms with Gasteiger partial charge in [-0.2, -0.15) is 0 Å². The van der Waals surface area contributed by atoms with E-state index in [4.69, 9.17) is 14.2 Å². The summed E-state index contributed by atoms with van der Waals surface area (Å²) in [6, 6.07) is 6.34. The predicted octanol–water partition coefficient (Wildman–Crippen LogP) is 0.211. The standard InChI is InChI=1S/C18H20N4O6/c1-25-11-5-3-10(4-6-11)17(23)19-13-8-27-16-14(9-28-15(13)16)22-7-12(20-21-22)18(24)26-2/h3-7,13-16H,8-9H2,1-2H3,(H,19,23)/t13-,14-,15+,16+/m0/s1. The van der Waals surface area contributed by atoms with Crippen LogP contribution in [0.5, 0.6) is 5.75 Å². The summed E-state index contributed by atoms with van der Waals surface area (Å²) in [5.74, 6) is -0.0849. The summed E-state index contributed by atoms with van der Waals surface area (Å²) in [6.07, 6.45) is 0.904. The van der Waals surface area contributed by atoms with Gasteiger partial charge in [-0.1, -0.05) is 5.21 Å². The van der Waals surface area contributed by atoms with Gasteiger partial charge in [0.25, 0.3) is 5.91 Å². The van der Waals surface area contributed by atoms with Crippen molar-refractivity contribution in [3.05, 3.63) is 41.7 Å². The molecule has 2 aliphatic rings.